The number of amides is 1. The number of hydrogen-bond donors (Lipinski definition) is 1. The first-order chi connectivity index (χ1) is 5.31. The van der Waals surface area contributed by atoms with Gasteiger partial charge in [-0.2, -0.15) is 0 Å². The first-order valence-corrected chi connectivity index (χ1v) is 5.23. The number of carbonyl (C=O) groups is 1. The summed E-state index contributed by atoms with van der Waals surface area (Å²) in [5.74, 6) is 0.687. The molecule has 1 N–H and O–H groups in total. The van der Waals surface area contributed by atoms with E-state index in [-0.39, 0.29) is 16.7 Å². The Kier molecular flexibility index (Phi) is 4.68. The van der Waals surface area contributed by atoms with Gasteiger partial charge in [-0.3, -0.25) is 4.79 Å². The number of nitrogens with one attached hydrogen (secondary N) is 1. The predicted octanol–water partition coefficient (Wildman–Crippen LogP) is 2.04. The van der Waals surface area contributed by atoms with E-state index in [1.165, 1.54) is 0 Å². The topological polar surface area (TPSA) is 29.1 Å². The van der Waals surface area contributed by atoms with Gasteiger partial charge in [0.1, 0.15) is 0 Å². The quantitative estimate of drug-likeness (QED) is 0.736. The van der Waals surface area contributed by atoms with Gasteiger partial charge in [-0.25, -0.2) is 0 Å². The average Bonchev–Trinajstić information content (AvgIpc) is 1.80. The Morgan fingerprint density at radius 2 is 1.92 bits per heavy atom. The molecule has 2 nitrogen and oxygen atoms in total. The number of carbonyl (C=O) groups excluding carboxylic acids is 1. The Morgan fingerprint density at radius 1 is 1.42 bits per heavy atom. The fourth-order valence-corrected chi connectivity index (χ4v) is 1.29. The van der Waals surface area contributed by atoms with Crippen molar-refractivity contribution in [1.82, 2.24) is 5.32 Å². The van der Waals surface area contributed by atoms with Gasteiger partial charge in [-0.05, 0) is 13.8 Å². The van der Waals surface area contributed by atoms with Gasteiger partial charge in [0.05, 0.1) is 5.75 Å². The van der Waals surface area contributed by atoms with Gasteiger partial charge in [-0.15, -0.1) is 11.8 Å². The molecule has 3 heteroatoms. The smallest absolute Gasteiger partial charge is 0.230 e. The molecule has 0 aliphatic carbocycles. The zero-order valence-corrected chi connectivity index (χ0v) is 9.42. The minimum atomic E-state index is 0.130. The van der Waals surface area contributed by atoms with Crippen LogP contribution in [0.4, 0.5) is 0 Å². The van der Waals surface area contributed by atoms with Crippen molar-refractivity contribution in [2.75, 3.05) is 5.75 Å². The lowest BCUT2D eigenvalue weighted by molar-refractivity contribution is -0.119. The number of thioether (sulfide) groups is 1. The number of rotatable bonds is 3. The second kappa shape index (κ2) is 4.75. The molecule has 0 radical (unpaired) electrons. The molecule has 0 saturated heterocycles. The van der Waals surface area contributed by atoms with Crippen molar-refractivity contribution in [2.24, 2.45) is 0 Å². The summed E-state index contributed by atoms with van der Waals surface area (Å²) < 4.78 is 0.175. The van der Waals surface area contributed by atoms with Crippen LogP contribution in [0.2, 0.25) is 0 Å². The van der Waals surface area contributed by atoms with Crippen LogP contribution >= 0.6 is 11.8 Å². The van der Waals surface area contributed by atoms with E-state index in [0.717, 1.165) is 0 Å². The van der Waals surface area contributed by atoms with Crippen LogP contribution in [0.15, 0.2) is 0 Å². The van der Waals surface area contributed by atoms with E-state index in [1.807, 2.05) is 13.8 Å². The van der Waals surface area contributed by atoms with E-state index >= 15 is 0 Å². The highest BCUT2D eigenvalue weighted by molar-refractivity contribution is 8.01. The van der Waals surface area contributed by atoms with E-state index in [2.05, 4.69) is 26.1 Å². The van der Waals surface area contributed by atoms with Gasteiger partial charge in [0.15, 0.2) is 0 Å². The molecular formula is C9H19NOS. The highest BCUT2D eigenvalue weighted by Gasteiger charge is 2.13. The molecule has 0 aromatic carbocycles. The van der Waals surface area contributed by atoms with E-state index in [4.69, 9.17) is 0 Å². The van der Waals surface area contributed by atoms with Crippen LogP contribution in [0.3, 0.4) is 0 Å². The molecule has 0 aliphatic heterocycles. The molecule has 0 aliphatic rings. The minimum Gasteiger partial charge on any atom is -0.353 e. The largest absolute Gasteiger partial charge is 0.353 e. The lowest BCUT2D eigenvalue weighted by Gasteiger charge is -2.17. The van der Waals surface area contributed by atoms with Gasteiger partial charge in [0.2, 0.25) is 5.91 Å². The van der Waals surface area contributed by atoms with Crippen molar-refractivity contribution in [1.29, 1.82) is 0 Å². The molecule has 1 amide bonds. The third-order valence-corrected chi connectivity index (χ3v) is 2.36. The lowest BCUT2D eigenvalue weighted by atomic mass is 10.3. The van der Waals surface area contributed by atoms with Crippen LogP contribution < -0.4 is 5.32 Å². The number of hydrogen-bond acceptors (Lipinski definition) is 2. The Morgan fingerprint density at radius 3 is 2.25 bits per heavy atom. The van der Waals surface area contributed by atoms with E-state index < -0.39 is 0 Å². The first kappa shape index (κ1) is 11.8. The molecule has 0 aromatic rings. The molecule has 0 fully saturated rings. The lowest BCUT2D eigenvalue weighted by Crippen LogP contribution is -2.32. The van der Waals surface area contributed by atoms with E-state index in [1.54, 1.807) is 11.8 Å². The van der Waals surface area contributed by atoms with Crippen molar-refractivity contribution < 1.29 is 4.79 Å². The molecule has 0 unspecified atom stereocenters. The van der Waals surface area contributed by atoms with Gasteiger partial charge in [0, 0.05) is 10.8 Å². The Balaban J connectivity index is 3.58. The van der Waals surface area contributed by atoms with Gasteiger partial charge >= 0.3 is 0 Å². The standard InChI is InChI=1S/C9H19NOS/c1-7(2)10-8(11)6-12-9(3,4)5/h7H,6H2,1-5H3,(H,10,11). The van der Waals surface area contributed by atoms with Gasteiger partial charge in [0.25, 0.3) is 0 Å². The normalized spacial score (nSPS) is 11.8. The monoisotopic (exact) mass is 189 g/mol. The highest BCUT2D eigenvalue weighted by atomic mass is 32.2. The van der Waals surface area contributed by atoms with Crippen molar-refractivity contribution in [2.45, 2.75) is 45.4 Å². The Bertz CT molecular complexity index is 149. The fraction of sp³-hybridized carbons (Fsp3) is 0.889. The van der Waals surface area contributed by atoms with Crippen LogP contribution in [-0.2, 0) is 4.79 Å². The Hall–Kier alpha value is -0.180. The minimum absolute atomic E-state index is 0.130. The van der Waals surface area contributed by atoms with Crippen LogP contribution in [0.25, 0.3) is 0 Å². The summed E-state index contributed by atoms with van der Waals surface area (Å²) in [6, 6.07) is 0.248. The molecule has 0 atom stereocenters. The summed E-state index contributed by atoms with van der Waals surface area (Å²) in [5, 5.41) is 2.86. The van der Waals surface area contributed by atoms with Crippen molar-refractivity contribution in [3.8, 4) is 0 Å². The summed E-state index contributed by atoms with van der Waals surface area (Å²) in [6.45, 7) is 10.3. The Labute approximate surface area is 79.5 Å². The maximum absolute atomic E-state index is 11.2. The van der Waals surface area contributed by atoms with E-state index in [0.29, 0.717) is 5.75 Å². The predicted molar refractivity (Wildman–Crippen MR) is 55.5 cm³/mol. The second-order valence-electron chi connectivity index (χ2n) is 4.12. The van der Waals surface area contributed by atoms with Crippen LogP contribution in [-0.4, -0.2) is 22.4 Å². The van der Waals surface area contributed by atoms with Gasteiger partial charge < -0.3 is 5.32 Å². The van der Waals surface area contributed by atoms with E-state index in [9.17, 15) is 4.79 Å². The maximum Gasteiger partial charge on any atom is 0.230 e. The van der Waals surface area contributed by atoms with Crippen molar-refractivity contribution in [3.05, 3.63) is 0 Å². The molecule has 0 saturated carbocycles. The molecule has 72 valence electrons. The van der Waals surface area contributed by atoms with Gasteiger partial charge in [-0.1, -0.05) is 20.8 Å². The molecule has 0 aromatic heterocycles. The summed E-state index contributed by atoms with van der Waals surface area (Å²) in [5.41, 5.74) is 0. The third-order valence-electron chi connectivity index (χ3n) is 1.09. The molecule has 0 heterocycles. The molecule has 0 bridgehead atoms. The highest BCUT2D eigenvalue weighted by Crippen LogP contribution is 2.22. The third kappa shape index (κ3) is 7.92. The summed E-state index contributed by atoms with van der Waals surface area (Å²) in [7, 11) is 0. The summed E-state index contributed by atoms with van der Waals surface area (Å²) in [6.07, 6.45) is 0. The molecule has 0 rings (SSSR count). The molecule has 12 heavy (non-hydrogen) atoms. The molecule has 0 spiro atoms. The van der Waals surface area contributed by atoms with Crippen molar-refractivity contribution >= 4 is 17.7 Å². The molecular weight excluding hydrogens is 170 g/mol. The first-order valence-electron chi connectivity index (χ1n) is 4.24. The average molecular weight is 189 g/mol. The summed E-state index contributed by atoms with van der Waals surface area (Å²) in [4.78, 5) is 11.2. The fourth-order valence-electron chi connectivity index (χ4n) is 0.646. The summed E-state index contributed by atoms with van der Waals surface area (Å²) >= 11 is 1.67. The maximum atomic E-state index is 11.2. The zero-order chi connectivity index (χ0) is 9.78. The zero-order valence-electron chi connectivity index (χ0n) is 8.60. The van der Waals surface area contributed by atoms with Crippen LogP contribution in [0.5, 0.6) is 0 Å². The SMILES string of the molecule is CC(C)NC(=O)CSC(C)(C)C. The van der Waals surface area contributed by atoms with Crippen LogP contribution in [0, 0.1) is 0 Å². The second-order valence-corrected chi connectivity index (χ2v) is 5.93. The van der Waals surface area contributed by atoms with Crippen molar-refractivity contribution in [3.63, 3.8) is 0 Å². The van der Waals surface area contributed by atoms with Crippen LogP contribution in [0.1, 0.15) is 34.6 Å².